The summed E-state index contributed by atoms with van der Waals surface area (Å²) in [5, 5.41) is 0. The number of carbonyl (C=O) groups excluding carboxylic acids is 1. The van der Waals surface area contributed by atoms with Gasteiger partial charge in [-0.25, -0.2) is 9.79 Å². The number of methoxy groups -OCH3 is 1. The number of carbonyl (C=O) groups is 1. The highest BCUT2D eigenvalue weighted by atomic mass is 32.2. The Morgan fingerprint density at radius 2 is 2.10 bits per heavy atom. The van der Waals surface area contributed by atoms with Gasteiger partial charge in [0.25, 0.3) is 5.56 Å². The zero-order valence-electron chi connectivity index (χ0n) is 16.5. The fourth-order valence-electron chi connectivity index (χ4n) is 4.09. The zero-order valence-corrected chi connectivity index (χ0v) is 18.1. The van der Waals surface area contributed by atoms with Crippen LogP contribution < -0.4 is 14.9 Å². The minimum Gasteiger partial charge on any atom is -0.466 e. The van der Waals surface area contributed by atoms with Gasteiger partial charge < -0.3 is 9.30 Å². The van der Waals surface area contributed by atoms with Crippen LogP contribution in [-0.2, 0) is 16.1 Å². The quantitative estimate of drug-likeness (QED) is 0.466. The van der Waals surface area contributed by atoms with E-state index in [1.54, 1.807) is 16.3 Å². The molecule has 0 bridgehead atoms. The van der Waals surface area contributed by atoms with E-state index in [2.05, 4.69) is 41.1 Å². The van der Waals surface area contributed by atoms with Crippen LogP contribution in [0.3, 0.4) is 0 Å². The van der Waals surface area contributed by atoms with Gasteiger partial charge in [0, 0.05) is 23.7 Å². The number of allylic oxidation sites excluding steroid dienone is 1. The molecule has 6 nitrogen and oxygen atoms in total. The molecule has 2 aliphatic heterocycles. The molecule has 0 spiro atoms. The van der Waals surface area contributed by atoms with Gasteiger partial charge >= 0.3 is 5.97 Å². The Kier molecular flexibility index (Phi) is 4.75. The molecule has 2 aromatic heterocycles. The minimum atomic E-state index is -0.543. The Morgan fingerprint density at radius 3 is 2.83 bits per heavy atom. The van der Waals surface area contributed by atoms with Crippen LogP contribution in [0.2, 0.25) is 0 Å². The second-order valence-corrected chi connectivity index (χ2v) is 8.98. The largest absolute Gasteiger partial charge is 0.466 e. The Labute approximate surface area is 180 Å². The SMILES string of the molecule is COC(=O)/C=c1\sc2n(c1=O)C(c1ccc(SC)cc1)C1=C(N=2)c2cccn2CC1. The molecule has 1 atom stereocenters. The Morgan fingerprint density at radius 1 is 1.30 bits per heavy atom. The van der Waals surface area contributed by atoms with Gasteiger partial charge in [0.1, 0.15) is 4.53 Å². The van der Waals surface area contributed by atoms with Gasteiger partial charge in [-0.3, -0.25) is 9.36 Å². The van der Waals surface area contributed by atoms with Crippen molar-refractivity contribution in [1.29, 1.82) is 0 Å². The molecular weight excluding hydrogens is 418 g/mol. The van der Waals surface area contributed by atoms with E-state index >= 15 is 0 Å². The average Bonchev–Trinajstić information content (AvgIpc) is 3.37. The summed E-state index contributed by atoms with van der Waals surface area (Å²) in [6.07, 6.45) is 6.17. The summed E-state index contributed by atoms with van der Waals surface area (Å²) in [4.78, 5) is 31.7. The van der Waals surface area contributed by atoms with Crippen molar-refractivity contribution in [3.8, 4) is 0 Å². The minimum absolute atomic E-state index is 0.212. The molecule has 4 heterocycles. The molecule has 1 unspecified atom stereocenters. The first-order valence-electron chi connectivity index (χ1n) is 9.53. The number of aryl methyl sites for hydroxylation is 1. The molecule has 0 saturated carbocycles. The molecule has 152 valence electrons. The summed E-state index contributed by atoms with van der Waals surface area (Å²) in [6.45, 7) is 0.853. The summed E-state index contributed by atoms with van der Waals surface area (Å²) in [5.74, 6) is -0.543. The molecular formula is C22H19N3O3S2. The fourth-order valence-corrected chi connectivity index (χ4v) is 5.46. The number of rotatable bonds is 3. The highest BCUT2D eigenvalue weighted by Gasteiger charge is 2.32. The molecule has 1 aromatic carbocycles. The first-order valence-corrected chi connectivity index (χ1v) is 11.6. The molecule has 0 saturated heterocycles. The van der Waals surface area contributed by atoms with E-state index < -0.39 is 5.97 Å². The number of ether oxygens (including phenoxy) is 1. The van der Waals surface area contributed by atoms with Crippen LogP contribution in [0.25, 0.3) is 11.8 Å². The monoisotopic (exact) mass is 437 g/mol. The Hall–Kier alpha value is -2.84. The third-order valence-electron chi connectivity index (χ3n) is 5.51. The molecule has 5 rings (SSSR count). The van der Waals surface area contributed by atoms with Gasteiger partial charge in [0.05, 0.1) is 24.5 Å². The molecule has 8 heteroatoms. The van der Waals surface area contributed by atoms with Gasteiger partial charge in [0.15, 0.2) is 4.80 Å². The van der Waals surface area contributed by atoms with Gasteiger partial charge in [0.2, 0.25) is 0 Å². The van der Waals surface area contributed by atoms with Crippen LogP contribution in [0.15, 0.2) is 62.9 Å². The summed E-state index contributed by atoms with van der Waals surface area (Å²) in [5.41, 5.74) is 3.95. The normalized spacial score (nSPS) is 17.8. The number of aromatic nitrogens is 2. The van der Waals surface area contributed by atoms with E-state index in [1.807, 2.05) is 12.3 Å². The number of esters is 1. The fraction of sp³-hybridized carbons (Fsp3) is 0.227. The van der Waals surface area contributed by atoms with E-state index in [0.717, 1.165) is 35.5 Å². The van der Waals surface area contributed by atoms with Gasteiger partial charge in [-0.2, -0.15) is 0 Å². The van der Waals surface area contributed by atoms with Crippen molar-refractivity contribution in [3.05, 3.63) is 79.1 Å². The standard InChI is InChI=1S/C22H19N3O3S2/c1-28-18(26)12-17-21(27)25-20(13-5-7-14(29-2)8-6-13)15-9-11-24-10-3-4-16(24)19(15)23-22(25)30-17/h3-8,10,12,20H,9,11H2,1-2H3/b17-12-. The number of hydrogen-bond acceptors (Lipinski definition) is 6. The summed E-state index contributed by atoms with van der Waals surface area (Å²) >= 11 is 2.91. The average molecular weight is 438 g/mol. The van der Waals surface area contributed by atoms with E-state index in [9.17, 15) is 9.59 Å². The van der Waals surface area contributed by atoms with Crippen molar-refractivity contribution in [2.75, 3.05) is 13.4 Å². The van der Waals surface area contributed by atoms with Crippen LogP contribution in [-0.4, -0.2) is 28.5 Å². The Balaban J connectivity index is 1.79. The maximum absolute atomic E-state index is 13.3. The van der Waals surface area contributed by atoms with E-state index in [4.69, 9.17) is 9.73 Å². The number of nitrogens with zero attached hydrogens (tertiary/aromatic N) is 3. The molecule has 0 N–H and O–H groups in total. The summed E-state index contributed by atoms with van der Waals surface area (Å²) in [7, 11) is 1.30. The van der Waals surface area contributed by atoms with Crippen molar-refractivity contribution >= 4 is 40.8 Å². The number of hydrogen-bond donors (Lipinski definition) is 0. The molecule has 2 aliphatic rings. The highest BCUT2D eigenvalue weighted by molar-refractivity contribution is 7.98. The number of benzene rings is 1. The Bertz CT molecular complexity index is 1360. The third-order valence-corrected chi connectivity index (χ3v) is 7.24. The van der Waals surface area contributed by atoms with Gasteiger partial charge in [-0.15, -0.1) is 11.8 Å². The third kappa shape index (κ3) is 2.98. The predicted molar refractivity (Wildman–Crippen MR) is 118 cm³/mol. The van der Waals surface area contributed by atoms with Crippen molar-refractivity contribution in [2.24, 2.45) is 4.99 Å². The predicted octanol–water partition coefficient (Wildman–Crippen LogP) is 2.42. The van der Waals surface area contributed by atoms with Crippen molar-refractivity contribution in [2.45, 2.75) is 23.9 Å². The molecule has 0 aliphatic carbocycles. The lowest BCUT2D eigenvalue weighted by atomic mass is 9.91. The summed E-state index contributed by atoms with van der Waals surface area (Å²) in [6, 6.07) is 12.2. The first kappa shape index (κ1) is 19.1. The molecule has 3 aromatic rings. The highest BCUT2D eigenvalue weighted by Crippen LogP contribution is 2.39. The van der Waals surface area contributed by atoms with Crippen LogP contribution in [0.1, 0.15) is 23.7 Å². The van der Waals surface area contributed by atoms with Crippen LogP contribution in [0.4, 0.5) is 0 Å². The van der Waals surface area contributed by atoms with Gasteiger partial charge in [-0.05, 0) is 48.1 Å². The molecule has 0 fully saturated rings. The van der Waals surface area contributed by atoms with Crippen molar-refractivity contribution in [3.63, 3.8) is 0 Å². The lowest BCUT2D eigenvalue weighted by Crippen LogP contribution is -2.39. The topological polar surface area (TPSA) is 65.6 Å². The number of thioether (sulfide) groups is 1. The lowest BCUT2D eigenvalue weighted by molar-refractivity contribution is -0.133. The van der Waals surface area contributed by atoms with Gasteiger partial charge in [-0.1, -0.05) is 23.5 Å². The number of thiazole rings is 1. The summed E-state index contributed by atoms with van der Waals surface area (Å²) < 4.78 is 8.98. The molecule has 0 amide bonds. The lowest BCUT2D eigenvalue weighted by Gasteiger charge is -2.30. The maximum Gasteiger partial charge on any atom is 0.332 e. The first-order chi connectivity index (χ1) is 14.6. The second-order valence-electron chi connectivity index (χ2n) is 7.09. The van der Waals surface area contributed by atoms with Crippen molar-refractivity contribution < 1.29 is 9.53 Å². The zero-order chi connectivity index (χ0) is 20.8. The van der Waals surface area contributed by atoms with Crippen LogP contribution in [0, 0.1) is 0 Å². The second kappa shape index (κ2) is 7.45. The number of fused-ring (bicyclic) bond motifs is 3. The molecule has 0 radical (unpaired) electrons. The van der Waals surface area contributed by atoms with E-state index in [1.165, 1.54) is 29.4 Å². The maximum atomic E-state index is 13.3. The van der Waals surface area contributed by atoms with Crippen LogP contribution in [0.5, 0.6) is 0 Å². The van der Waals surface area contributed by atoms with E-state index in [-0.39, 0.29) is 11.6 Å². The van der Waals surface area contributed by atoms with E-state index in [0.29, 0.717) is 9.33 Å². The van der Waals surface area contributed by atoms with Crippen molar-refractivity contribution in [1.82, 2.24) is 9.13 Å². The molecule has 30 heavy (non-hydrogen) atoms. The van der Waals surface area contributed by atoms with Crippen LogP contribution >= 0.6 is 23.1 Å². The smallest absolute Gasteiger partial charge is 0.332 e.